The topological polar surface area (TPSA) is 126 Å². The van der Waals surface area contributed by atoms with Crippen LogP contribution in [0.1, 0.15) is 52.0 Å². The number of carbonyl (C=O) groups is 4. The second-order valence-electron chi connectivity index (χ2n) is 9.95. The SMILES string of the molecule is C=CC(=O)OCCCCOc1ccc(C(=O)Nc2ccc(OC(=O)c3ccc(OCCCCOC(=O)C=C)cc3)cc2C(F)(F)F)cc1. The van der Waals surface area contributed by atoms with Gasteiger partial charge in [-0.05, 0) is 92.4 Å². The predicted octanol–water partition coefficient (Wildman–Crippen LogP) is 6.95. The van der Waals surface area contributed by atoms with E-state index in [9.17, 15) is 32.3 Å². The van der Waals surface area contributed by atoms with E-state index in [2.05, 4.69) is 18.5 Å². The van der Waals surface area contributed by atoms with E-state index < -0.39 is 41.2 Å². The molecule has 3 aromatic rings. The van der Waals surface area contributed by atoms with Crippen LogP contribution in [0.15, 0.2) is 92.0 Å². The smallest absolute Gasteiger partial charge is 0.418 e. The molecule has 0 saturated heterocycles. The average molecular weight is 670 g/mol. The lowest BCUT2D eigenvalue weighted by atomic mass is 10.1. The van der Waals surface area contributed by atoms with Crippen molar-refractivity contribution in [3.8, 4) is 17.2 Å². The van der Waals surface area contributed by atoms with E-state index in [0.29, 0.717) is 56.5 Å². The second kappa shape index (κ2) is 18.5. The van der Waals surface area contributed by atoms with Crippen LogP contribution in [-0.2, 0) is 25.2 Å². The molecule has 1 N–H and O–H groups in total. The molecule has 0 aliphatic carbocycles. The van der Waals surface area contributed by atoms with Crippen LogP contribution in [0.25, 0.3) is 0 Å². The summed E-state index contributed by atoms with van der Waals surface area (Å²) >= 11 is 0. The number of esters is 3. The zero-order chi connectivity index (χ0) is 34.9. The van der Waals surface area contributed by atoms with Crippen LogP contribution >= 0.6 is 0 Å². The van der Waals surface area contributed by atoms with Gasteiger partial charge in [0.1, 0.15) is 17.2 Å². The summed E-state index contributed by atoms with van der Waals surface area (Å²) in [5, 5.41) is 2.26. The summed E-state index contributed by atoms with van der Waals surface area (Å²) in [6.45, 7) is 7.72. The number of ether oxygens (including phenoxy) is 5. The minimum absolute atomic E-state index is 0.0751. The highest BCUT2D eigenvalue weighted by molar-refractivity contribution is 6.04. The fourth-order valence-corrected chi connectivity index (χ4v) is 3.93. The molecule has 3 aromatic carbocycles. The maximum atomic E-state index is 13.9. The largest absolute Gasteiger partial charge is 0.494 e. The Bertz CT molecular complexity index is 1570. The molecule has 0 aliphatic heterocycles. The standard InChI is InChI=1S/C35H34F3NO9/c1-3-31(40)46-21-7-5-19-44-26-13-9-24(10-14-26)33(42)39-30-18-17-28(23-29(30)35(36,37)38)48-34(43)25-11-15-27(16-12-25)45-20-6-8-22-47-32(41)4-2/h3-4,9-18,23H,1-2,5-8,19-22H2,(H,39,42). The molecule has 0 atom stereocenters. The van der Waals surface area contributed by atoms with Gasteiger partial charge in [-0.2, -0.15) is 13.2 Å². The number of rotatable bonds is 18. The highest BCUT2D eigenvalue weighted by Gasteiger charge is 2.35. The Kier molecular flexibility index (Phi) is 14.2. The van der Waals surface area contributed by atoms with Crippen molar-refractivity contribution < 1.29 is 56.0 Å². The summed E-state index contributed by atoms with van der Waals surface area (Å²) in [6, 6.07) is 14.4. The van der Waals surface area contributed by atoms with E-state index in [4.69, 9.17) is 23.7 Å². The molecule has 0 heterocycles. The highest BCUT2D eigenvalue weighted by Crippen LogP contribution is 2.37. The van der Waals surface area contributed by atoms with E-state index >= 15 is 0 Å². The molecular formula is C35H34F3NO9. The molecule has 10 nitrogen and oxygen atoms in total. The Morgan fingerprint density at radius 3 is 1.58 bits per heavy atom. The van der Waals surface area contributed by atoms with Crippen molar-refractivity contribution >= 4 is 29.5 Å². The molecular weight excluding hydrogens is 635 g/mol. The number of hydrogen-bond donors (Lipinski definition) is 1. The molecule has 3 rings (SSSR count). The van der Waals surface area contributed by atoms with Gasteiger partial charge in [0.25, 0.3) is 5.91 Å². The van der Waals surface area contributed by atoms with E-state index in [-0.39, 0.29) is 30.1 Å². The van der Waals surface area contributed by atoms with Crippen molar-refractivity contribution in [2.75, 3.05) is 31.7 Å². The van der Waals surface area contributed by atoms with Gasteiger partial charge in [0.05, 0.1) is 43.2 Å². The van der Waals surface area contributed by atoms with Crippen LogP contribution in [-0.4, -0.2) is 50.2 Å². The summed E-state index contributed by atoms with van der Waals surface area (Å²) < 4.78 is 67.9. The Balaban J connectivity index is 1.53. The van der Waals surface area contributed by atoms with Crippen molar-refractivity contribution in [3.63, 3.8) is 0 Å². The number of anilines is 1. The van der Waals surface area contributed by atoms with Crippen molar-refractivity contribution in [1.82, 2.24) is 0 Å². The number of carbonyl (C=O) groups excluding carboxylic acids is 4. The van der Waals surface area contributed by atoms with E-state index in [1.54, 1.807) is 0 Å². The Morgan fingerprint density at radius 2 is 1.10 bits per heavy atom. The molecule has 0 saturated carbocycles. The Morgan fingerprint density at radius 1 is 0.646 bits per heavy atom. The third-order valence-electron chi connectivity index (χ3n) is 6.40. The molecule has 1 amide bonds. The number of nitrogens with one attached hydrogen (secondary N) is 1. The van der Waals surface area contributed by atoms with Gasteiger partial charge in [-0.3, -0.25) is 4.79 Å². The van der Waals surface area contributed by atoms with Gasteiger partial charge in [-0.1, -0.05) is 13.2 Å². The van der Waals surface area contributed by atoms with Gasteiger partial charge in [0.15, 0.2) is 0 Å². The quantitative estimate of drug-likeness (QED) is 0.0663. The molecule has 254 valence electrons. The summed E-state index contributed by atoms with van der Waals surface area (Å²) in [7, 11) is 0. The molecule has 0 unspecified atom stereocenters. The Hall–Kier alpha value is -5.59. The van der Waals surface area contributed by atoms with Gasteiger partial charge < -0.3 is 29.0 Å². The van der Waals surface area contributed by atoms with E-state index in [1.165, 1.54) is 48.5 Å². The summed E-state index contributed by atoms with van der Waals surface area (Å²) in [5.41, 5.74) is -1.57. The average Bonchev–Trinajstić information content (AvgIpc) is 3.08. The van der Waals surface area contributed by atoms with Crippen molar-refractivity contribution in [2.24, 2.45) is 0 Å². The molecule has 48 heavy (non-hydrogen) atoms. The predicted molar refractivity (Wildman–Crippen MR) is 169 cm³/mol. The fraction of sp³-hybridized carbons (Fsp3) is 0.257. The lowest BCUT2D eigenvalue weighted by molar-refractivity contribution is -0.138. The first-order valence-electron chi connectivity index (χ1n) is 14.8. The first kappa shape index (κ1) is 36.9. The zero-order valence-electron chi connectivity index (χ0n) is 25.9. The summed E-state index contributed by atoms with van der Waals surface area (Å²) in [5.74, 6) is -2.17. The van der Waals surface area contributed by atoms with Crippen LogP contribution in [0.3, 0.4) is 0 Å². The minimum Gasteiger partial charge on any atom is -0.494 e. The molecule has 0 fully saturated rings. The number of unbranched alkanes of at least 4 members (excludes halogenated alkanes) is 2. The van der Waals surface area contributed by atoms with Crippen molar-refractivity contribution in [2.45, 2.75) is 31.9 Å². The molecule has 13 heteroatoms. The van der Waals surface area contributed by atoms with Crippen LogP contribution in [0, 0.1) is 0 Å². The van der Waals surface area contributed by atoms with Gasteiger partial charge in [0, 0.05) is 17.7 Å². The number of alkyl halides is 3. The Labute approximate surface area is 275 Å². The van der Waals surface area contributed by atoms with Crippen LogP contribution < -0.4 is 19.5 Å². The zero-order valence-corrected chi connectivity index (χ0v) is 25.9. The highest BCUT2D eigenvalue weighted by atomic mass is 19.4. The summed E-state index contributed by atoms with van der Waals surface area (Å²) in [4.78, 5) is 47.4. The lowest BCUT2D eigenvalue weighted by Gasteiger charge is -2.16. The lowest BCUT2D eigenvalue weighted by Crippen LogP contribution is -2.17. The molecule has 0 spiro atoms. The number of benzene rings is 3. The number of hydrogen-bond acceptors (Lipinski definition) is 9. The monoisotopic (exact) mass is 669 g/mol. The van der Waals surface area contributed by atoms with Gasteiger partial charge in [-0.25, -0.2) is 14.4 Å². The van der Waals surface area contributed by atoms with Crippen LogP contribution in [0.2, 0.25) is 0 Å². The summed E-state index contributed by atoms with van der Waals surface area (Å²) in [6.07, 6.45) is -0.371. The van der Waals surface area contributed by atoms with Crippen molar-refractivity contribution in [3.05, 3.63) is 109 Å². The van der Waals surface area contributed by atoms with E-state index in [1.807, 2.05) is 0 Å². The van der Waals surface area contributed by atoms with Gasteiger partial charge in [0.2, 0.25) is 0 Å². The molecule has 0 aromatic heterocycles. The molecule has 0 aliphatic rings. The van der Waals surface area contributed by atoms with Gasteiger partial charge >= 0.3 is 24.1 Å². The van der Waals surface area contributed by atoms with Crippen LogP contribution in [0.5, 0.6) is 17.2 Å². The van der Waals surface area contributed by atoms with E-state index in [0.717, 1.165) is 24.3 Å². The van der Waals surface area contributed by atoms with Crippen molar-refractivity contribution in [1.29, 1.82) is 0 Å². The van der Waals surface area contributed by atoms with Gasteiger partial charge in [-0.15, -0.1) is 0 Å². The maximum absolute atomic E-state index is 13.9. The first-order valence-corrected chi connectivity index (χ1v) is 14.8. The second-order valence-corrected chi connectivity index (χ2v) is 9.95. The number of amides is 1. The maximum Gasteiger partial charge on any atom is 0.418 e. The fourth-order valence-electron chi connectivity index (χ4n) is 3.93. The third-order valence-corrected chi connectivity index (χ3v) is 6.40. The molecule has 0 radical (unpaired) electrons. The normalized spacial score (nSPS) is 10.7. The molecule has 0 bridgehead atoms. The third kappa shape index (κ3) is 12.3. The minimum atomic E-state index is -4.88. The number of halogens is 3. The van der Waals surface area contributed by atoms with Crippen LogP contribution in [0.4, 0.5) is 18.9 Å². The first-order chi connectivity index (χ1) is 23.0.